The number of benzene rings is 1. The van der Waals surface area contributed by atoms with E-state index in [2.05, 4.69) is 33.0 Å². The van der Waals surface area contributed by atoms with Gasteiger partial charge in [-0.1, -0.05) is 34.8 Å². The zero-order valence-corrected chi connectivity index (χ0v) is 12.2. The van der Waals surface area contributed by atoms with Gasteiger partial charge in [0, 0.05) is 22.7 Å². The van der Waals surface area contributed by atoms with Crippen LogP contribution in [-0.4, -0.2) is 17.7 Å². The van der Waals surface area contributed by atoms with E-state index in [4.69, 9.17) is 0 Å². The minimum atomic E-state index is 0.104. The summed E-state index contributed by atoms with van der Waals surface area (Å²) in [5, 5.41) is 9.22. The summed E-state index contributed by atoms with van der Waals surface area (Å²) in [5.41, 5.74) is 2.28. The van der Waals surface area contributed by atoms with E-state index in [1.807, 2.05) is 6.07 Å². The van der Waals surface area contributed by atoms with Crippen LogP contribution in [0.2, 0.25) is 0 Å². The fraction of sp³-hybridized carbons (Fsp3) is 0.600. The minimum absolute atomic E-state index is 0.104. The van der Waals surface area contributed by atoms with Crippen LogP contribution in [0.1, 0.15) is 37.7 Å². The highest BCUT2D eigenvalue weighted by Crippen LogP contribution is 2.39. The van der Waals surface area contributed by atoms with Gasteiger partial charge in [-0.15, -0.1) is 0 Å². The molecule has 1 saturated carbocycles. The maximum atomic E-state index is 9.22. The molecule has 2 nitrogen and oxygen atoms in total. The highest BCUT2D eigenvalue weighted by Gasteiger charge is 2.35. The molecule has 0 radical (unpaired) electrons. The van der Waals surface area contributed by atoms with Gasteiger partial charge >= 0.3 is 0 Å². The van der Waals surface area contributed by atoms with Crippen molar-refractivity contribution in [3.8, 4) is 0 Å². The molecule has 2 unspecified atom stereocenters. The number of aliphatic hydroxyl groups excluding tert-OH is 1. The molecule has 2 fully saturated rings. The molecule has 3 rings (SSSR count). The van der Waals surface area contributed by atoms with Gasteiger partial charge in [-0.05, 0) is 42.9 Å². The summed E-state index contributed by atoms with van der Waals surface area (Å²) in [4.78, 5) is 2.58. The summed E-state index contributed by atoms with van der Waals surface area (Å²) < 4.78 is 1.03. The molecule has 1 aliphatic carbocycles. The summed E-state index contributed by atoms with van der Waals surface area (Å²) in [7, 11) is 0. The van der Waals surface area contributed by atoms with E-state index in [1.54, 1.807) is 0 Å². The first-order valence-electron chi connectivity index (χ1n) is 6.95. The quantitative estimate of drug-likeness (QED) is 0.900. The van der Waals surface area contributed by atoms with Crippen LogP contribution in [-0.2, 0) is 6.61 Å². The van der Waals surface area contributed by atoms with Crippen LogP contribution in [0.25, 0.3) is 0 Å². The van der Waals surface area contributed by atoms with Crippen LogP contribution in [0, 0.1) is 5.92 Å². The van der Waals surface area contributed by atoms with Crippen molar-refractivity contribution in [3.63, 3.8) is 0 Å². The molecule has 1 saturated heterocycles. The SMILES string of the molecule is OCc1ccc(N2CCC3CCCCC32)cc1Br. The Morgan fingerprint density at radius 3 is 2.83 bits per heavy atom. The lowest BCUT2D eigenvalue weighted by molar-refractivity contribution is 0.281. The van der Waals surface area contributed by atoms with Gasteiger partial charge in [-0.2, -0.15) is 0 Å². The minimum Gasteiger partial charge on any atom is -0.392 e. The number of fused-ring (bicyclic) bond motifs is 1. The van der Waals surface area contributed by atoms with Crippen LogP contribution in [0.5, 0.6) is 0 Å². The van der Waals surface area contributed by atoms with Crippen molar-refractivity contribution in [1.82, 2.24) is 0 Å². The van der Waals surface area contributed by atoms with E-state index in [9.17, 15) is 5.11 Å². The van der Waals surface area contributed by atoms with Crippen LogP contribution in [0.3, 0.4) is 0 Å². The number of hydrogen-bond acceptors (Lipinski definition) is 2. The van der Waals surface area contributed by atoms with E-state index >= 15 is 0 Å². The second kappa shape index (κ2) is 5.22. The topological polar surface area (TPSA) is 23.5 Å². The van der Waals surface area contributed by atoms with Gasteiger partial charge in [0.25, 0.3) is 0 Å². The summed E-state index contributed by atoms with van der Waals surface area (Å²) in [6, 6.07) is 7.12. The van der Waals surface area contributed by atoms with E-state index in [0.29, 0.717) is 0 Å². The molecule has 2 atom stereocenters. The van der Waals surface area contributed by atoms with Crippen LogP contribution in [0.4, 0.5) is 5.69 Å². The van der Waals surface area contributed by atoms with Crippen molar-refractivity contribution in [2.75, 3.05) is 11.4 Å². The Hall–Kier alpha value is -0.540. The Balaban J connectivity index is 1.84. The highest BCUT2D eigenvalue weighted by atomic mass is 79.9. The van der Waals surface area contributed by atoms with Crippen LogP contribution in [0.15, 0.2) is 22.7 Å². The summed E-state index contributed by atoms with van der Waals surface area (Å²) in [6.45, 7) is 1.30. The molecule has 98 valence electrons. The Morgan fingerprint density at radius 1 is 1.22 bits per heavy atom. The first-order chi connectivity index (χ1) is 8.79. The van der Waals surface area contributed by atoms with Crippen molar-refractivity contribution < 1.29 is 5.11 Å². The largest absolute Gasteiger partial charge is 0.392 e. The zero-order valence-electron chi connectivity index (χ0n) is 10.6. The molecule has 18 heavy (non-hydrogen) atoms. The van der Waals surface area contributed by atoms with Gasteiger partial charge in [-0.3, -0.25) is 0 Å². The number of nitrogens with zero attached hydrogens (tertiary/aromatic N) is 1. The van der Waals surface area contributed by atoms with Crippen LogP contribution < -0.4 is 4.90 Å². The van der Waals surface area contributed by atoms with Gasteiger partial charge in [0.05, 0.1) is 6.61 Å². The summed E-state index contributed by atoms with van der Waals surface area (Å²) in [6.07, 6.45) is 6.92. The second-order valence-corrected chi connectivity index (χ2v) is 6.38. The Bertz CT molecular complexity index is 435. The van der Waals surface area contributed by atoms with Gasteiger partial charge in [-0.25, -0.2) is 0 Å². The van der Waals surface area contributed by atoms with Crippen molar-refractivity contribution in [3.05, 3.63) is 28.2 Å². The Kier molecular flexibility index (Phi) is 3.62. The Morgan fingerprint density at radius 2 is 2.06 bits per heavy atom. The number of halogens is 1. The monoisotopic (exact) mass is 309 g/mol. The van der Waals surface area contributed by atoms with Gasteiger partial charge in [0.1, 0.15) is 0 Å². The molecule has 1 aromatic carbocycles. The average Bonchev–Trinajstić information content (AvgIpc) is 2.82. The average molecular weight is 310 g/mol. The third-order valence-electron chi connectivity index (χ3n) is 4.55. The highest BCUT2D eigenvalue weighted by molar-refractivity contribution is 9.10. The maximum Gasteiger partial charge on any atom is 0.0692 e. The molecule has 1 N–H and O–H groups in total. The predicted molar refractivity (Wildman–Crippen MR) is 77.8 cm³/mol. The van der Waals surface area contributed by atoms with Crippen molar-refractivity contribution in [1.29, 1.82) is 0 Å². The second-order valence-electron chi connectivity index (χ2n) is 5.53. The Labute approximate surface area is 117 Å². The third kappa shape index (κ3) is 2.19. The summed E-state index contributed by atoms with van der Waals surface area (Å²) >= 11 is 3.56. The van der Waals surface area contributed by atoms with Crippen molar-refractivity contribution in [2.45, 2.75) is 44.8 Å². The first-order valence-corrected chi connectivity index (χ1v) is 7.75. The van der Waals surface area contributed by atoms with Crippen molar-refractivity contribution >= 4 is 21.6 Å². The van der Waals surface area contributed by atoms with E-state index in [0.717, 1.165) is 22.0 Å². The first kappa shape index (κ1) is 12.5. The molecule has 0 spiro atoms. The summed E-state index contributed by atoms with van der Waals surface area (Å²) in [5.74, 6) is 0.912. The fourth-order valence-electron chi connectivity index (χ4n) is 3.57. The van der Waals surface area contributed by atoms with Crippen molar-refractivity contribution in [2.24, 2.45) is 5.92 Å². The van der Waals surface area contributed by atoms with E-state index < -0.39 is 0 Å². The van der Waals surface area contributed by atoms with Gasteiger partial charge in [0.15, 0.2) is 0 Å². The number of hydrogen-bond donors (Lipinski definition) is 1. The molecule has 2 aliphatic rings. The molecule has 1 aromatic rings. The maximum absolute atomic E-state index is 9.22. The van der Waals surface area contributed by atoms with Gasteiger partial charge in [0.2, 0.25) is 0 Å². The molecule has 0 bridgehead atoms. The molecular formula is C15H20BrNO. The number of aliphatic hydroxyl groups is 1. The molecule has 0 aromatic heterocycles. The molecule has 0 amide bonds. The lowest BCUT2D eigenvalue weighted by atomic mass is 9.85. The molecular weight excluding hydrogens is 290 g/mol. The number of anilines is 1. The lowest BCUT2D eigenvalue weighted by Gasteiger charge is -2.33. The fourth-order valence-corrected chi connectivity index (χ4v) is 4.06. The normalized spacial score (nSPS) is 27.3. The third-order valence-corrected chi connectivity index (χ3v) is 5.29. The zero-order chi connectivity index (χ0) is 12.5. The standard InChI is InChI=1S/C15H20BrNO/c16-14-9-13(6-5-12(14)10-18)17-8-7-11-3-1-2-4-15(11)17/h5-6,9,11,15,18H,1-4,7-8,10H2. The molecule has 1 heterocycles. The lowest BCUT2D eigenvalue weighted by Crippen LogP contribution is -2.34. The van der Waals surface area contributed by atoms with E-state index in [1.165, 1.54) is 44.3 Å². The molecule has 1 aliphatic heterocycles. The molecule has 3 heteroatoms. The number of rotatable bonds is 2. The predicted octanol–water partition coefficient (Wildman–Crippen LogP) is 3.71. The van der Waals surface area contributed by atoms with E-state index in [-0.39, 0.29) is 6.61 Å². The smallest absolute Gasteiger partial charge is 0.0692 e. The van der Waals surface area contributed by atoms with Crippen LogP contribution >= 0.6 is 15.9 Å². The van der Waals surface area contributed by atoms with Gasteiger partial charge < -0.3 is 10.0 Å².